The smallest absolute Gasteiger partial charge is 0.280 e. The lowest BCUT2D eigenvalue weighted by atomic mass is 9.81. The van der Waals surface area contributed by atoms with Crippen LogP contribution in [-0.4, -0.2) is 85.5 Å². The fraction of sp³-hybridized carbons (Fsp3) is 0.556. The lowest BCUT2D eigenvalue weighted by molar-refractivity contribution is -0.154. The molecule has 13 heteroatoms. The molecule has 1 aliphatic heterocycles. The highest BCUT2D eigenvalue weighted by atomic mass is 16.3. The number of nitrogens with zero attached hydrogens (tertiary/aromatic N) is 4. The van der Waals surface area contributed by atoms with E-state index in [0.717, 1.165) is 37.0 Å². The van der Waals surface area contributed by atoms with E-state index in [0.29, 0.717) is 30.4 Å². The number of aromatic nitrogens is 2. The lowest BCUT2D eigenvalue weighted by Crippen LogP contribution is -2.64. The number of fused-ring (bicyclic) bond motifs is 1. The maximum atomic E-state index is 14.9. The topological polar surface area (TPSA) is 183 Å². The van der Waals surface area contributed by atoms with E-state index in [9.17, 15) is 29.1 Å². The van der Waals surface area contributed by atoms with Crippen LogP contribution in [0.1, 0.15) is 96.0 Å². The number of hydrogen-bond donors (Lipinski definition) is 4. The van der Waals surface area contributed by atoms with Crippen LogP contribution in [0.25, 0.3) is 0 Å². The van der Waals surface area contributed by atoms with Crippen molar-refractivity contribution in [2.75, 3.05) is 0 Å². The van der Waals surface area contributed by atoms with Crippen LogP contribution >= 0.6 is 0 Å². The van der Waals surface area contributed by atoms with Gasteiger partial charge in [-0.3, -0.25) is 33.9 Å². The van der Waals surface area contributed by atoms with E-state index in [-0.39, 0.29) is 29.8 Å². The molecule has 0 radical (unpaired) electrons. The highest BCUT2D eigenvalue weighted by Gasteiger charge is 2.47. The van der Waals surface area contributed by atoms with Crippen molar-refractivity contribution in [1.82, 2.24) is 30.8 Å². The minimum absolute atomic E-state index is 0.0135. The standard InChI is InChI=1S/C36H47N7O6/c1-5-10-26(29(44)33(47)40-23-15-16-23)43(34(48)28-24-14-9-13-22(24)19-39-28)35(49)30(36(2,3)4)42-32(46)27(21-11-7-6-8-12-21)41-31(45)25-20-37-17-18-38-25/h9,13-14,17-21,23,26-27,29-30,44H,5-8,10-12,15-16H2,1-4H3,(H,40,47)(H,41,45)(H,42,46)/t26-,27-,29-,30+/m0/s1. The first kappa shape index (κ1) is 35.8. The maximum Gasteiger partial charge on any atom is 0.280 e. The molecule has 1 aromatic heterocycles. The van der Waals surface area contributed by atoms with Crippen LogP contribution in [0.4, 0.5) is 0 Å². The summed E-state index contributed by atoms with van der Waals surface area (Å²) in [4.78, 5) is 83.3. The molecule has 262 valence electrons. The van der Waals surface area contributed by atoms with Crippen LogP contribution in [-0.2, 0) is 19.2 Å². The van der Waals surface area contributed by atoms with Gasteiger partial charge in [-0.05, 0) is 43.4 Å². The molecule has 0 aromatic carbocycles. The first-order chi connectivity index (χ1) is 23.4. The summed E-state index contributed by atoms with van der Waals surface area (Å²) < 4.78 is 0. The quantitative estimate of drug-likeness (QED) is 0.246. The van der Waals surface area contributed by atoms with Crippen molar-refractivity contribution in [2.24, 2.45) is 16.3 Å². The van der Waals surface area contributed by atoms with Crippen LogP contribution in [0.3, 0.4) is 0 Å². The molecular weight excluding hydrogens is 626 g/mol. The zero-order valence-electron chi connectivity index (χ0n) is 28.6. The van der Waals surface area contributed by atoms with Gasteiger partial charge in [-0.1, -0.05) is 71.6 Å². The van der Waals surface area contributed by atoms with E-state index in [1.165, 1.54) is 24.8 Å². The second-order valence-electron chi connectivity index (χ2n) is 14.3. The fourth-order valence-electron chi connectivity index (χ4n) is 6.59. The van der Waals surface area contributed by atoms with Gasteiger partial charge in [0, 0.05) is 35.8 Å². The summed E-state index contributed by atoms with van der Waals surface area (Å²) in [5, 5.41) is 20.0. The van der Waals surface area contributed by atoms with Gasteiger partial charge >= 0.3 is 0 Å². The van der Waals surface area contributed by atoms with E-state index in [1.54, 1.807) is 39.0 Å². The van der Waals surface area contributed by atoms with Crippen LogP contribution in [0.15, 0.2) is 59.2 Å². The number of amides is 5. The molecule has 0 unspecified atom stereocenters. The monoisotopic (exact) mass is 673 g/mol. The Kier molecular flexibility index (Phi) is 11.2. The third-order valence-corrected chi connectivity index (χ3v) is 9.45. The average molecular weight is 674 g/mol. The van der Waals surface area contributed by atoms with Crippen LogP contribution in [0.5, 0.6) is 0 Å². The second kappa shape index (κ2) is 15.4. The number of aliphatic hydroxyl groups is 1. The Balaban J connectivity index is 1.48. The second-order valence-corrected chi connectivity index (χ2v) is 14.3. The molecule has 3 aliphatic carbocycles. The molecule has 2 heterocycles. The van der Waals surface area contributed by atoms with Gasteiger partial charge in [0.25, 0.3) is 23.6 Å². The van der Waals surface area contributed by atoms with Gasteiger partial charge in [-0.2, -0.15) is 0 Å². The fourth-order valence-corrected chi connectivity index (χ4v) is 6.59. The normalized spacial score (nSPS) is 19.7. The third-order valence-electron chi connectivity index (χ3n) is 9.45. The van der Waals surface area contributed by atoms with Gasteiger partial charge in [-0.15, -0.1) is 0 Å². The Morgan fingerprint density at radius 2 is 1.73 bits per heavy atom. The Bertz CT molecular complexity index is 1570. The number of nitrogens with one attached hydrogen (secondary N) is 3. The molecule has 2 fully saturated rings. The summed E-state index contributed by atoms with van der Waals surface area (Å²) in [5.41, 5.74) is 0.377. The zero-order valence-corrected chi connectivity index (χ0v) is 28.6. The average Bonchev–Trinajstić information content (AvgIpc) is 3.62. The minimum atomic E-state index is -1.71. The van der Waals surface area contributed by atoms with Crippen molar-refractivity contribution in [3.05, 3.63) is 59.9 Å². The molecule has 2 saturated carbocycles. The largest absolute Gasteiger partial charge is 0.381 e. The lowest BCUT2D eigenvalue weighted by Gasteiger charge is -2.40. The molecular formula is C36H47N7O6. The maximum absolute atomic E-state index is 14.9. The van der Waals surface area contributed by atoms with Crippen molar-refractivity contribution >= 4 is 35.2 Å². The molecule has 4 atom stereocenters. The van der Waals surface area contributed by atoms with Gasteiger partial charge in [0.15, 0.2) is 6.10 Å². The van der Waals surface area contributed by atoms with Crippen LogP contribution < -0.4 is 16.0 Å². The summed E-state index contributed by atoms with van der Waals surface area (Å²) >= 11 is 0. The molecule has 0 bridgehead atoms. The van der Waals surface area contributed by atoms with Crippen LogP contribution in [0, 0.1) is 11.3 Å². The number of imide groups is 1. The number of rotatable bonds is 13. The molecule has 13 nitrogen and oxygen atoms in total. The first-order valence-electron chi connectivity index (χ1n) is 17.3. The summed E-state index contributed by atoms with van der Waals surface area (Å²) in [6, 6.07) is -3.57. The van der Waals surface area contributed by atoms with E-state index in [4.69, 9.17) is 0 Å². The predicted octanol–water partition coefficient (Wildman–Crippen LogP) is 2.68. The molecule has 0 spiro atoms. The highest BCUT2D eigenvalue weighted by molar-refractivity contribution is 6.49. The Morgan fingerprint density at radius 1 is 1.00 bits per heavy atom. The third kappa shape index (κ3) is 8.38. The Hall–Kier alpha value is -4.52. The molecule has 1 aromatic rings. The summed E-state index contributed by atoms with van der Waals surface area (Å²) in [5.74, 6) is -3.56. The van der Waals surface area contributed by atoms with Crippen LogP contribution in [0.2, 0.25) is 0 Å². The summed E-state index contributed by atoms with van der Waals surface area (Å²) in [6.07, 6.45) is 15.6. The molecule has 5 rings (SSSR count). The molecule has 4 aliphatic rings. The Morgan fingerprint density at radius 3 is 2.37 bits per heavy atom. The zero-order chi connectivity index (χ0) is 35.3. The van der Waals surface area contributed by atoms with E-state index >= 15 is 0 Å². The van der Waals surface area contributed by atoms with Gasteiger partial charge in [0.1, 0.15) is 23.5 Å². The predicted molar refractivity (Wildman–Crippen MR) is 182 cm³/mol. The van der Waals surface area contributed by atoms with Gasteiger partial charge in [0.2, 0.25) is 5.91 Å². The van der Waals surface area contributed by atoms with E-state index < -0.39 is 59.2 Å². The summed E-state index contributed by atoms with van der Waals surface area (Å²) in [7, 11) is 0. The van der Waals surface area contributed by atoms with Gasteiger partial charge < -0.3 is 21.1 Å². The number of allylic oxidation sites excluding steroid dienone is 4. The highest BCUT2D eigenvalue weighted by Crippen LogP contribution is 2.31. The van der Waals surface area contributed by atoms with Gasteiger partial charge in [-0.25, -0.2) is 9.98 Å². The van der Waals surface area contributed by atoms with Crippen molar-refractivity contribution in [3.8, 4) is 0 Å². The number of carbonyl (C=O) groups is 5. The number of aliphatic imine (C=N–C) groups is 1. The summed E-state index contributed by atoms with van der Waals surface area (Å²) in [6.45, 7) is 7.10. The molecule has 4 N–H and O–H groups in total. The first-order valence-corrected chi connectivity index (χ1v) is 17.3. The van der Waals surface area contributed by atoms with Gasteiger partial charge in [0.05, 0.1) is 12.2 Å². The van der Waals surface area contributed by atoms with Crippen molar-refractivity contribution in [3.63, 3.8) is 0 Å². The van der Waals surface area contributed by atoms with Crippen molar-refractivity contribution in [2.45, 2.75) is 116 Å². The Labute approximate surface area is 286 Å². The number of hydrogen-bond acceptors (Lipinski definition) is 9. The van der Waals surface area contributed by atoms with Crippen molar-refractivity contribution < 1.29 is 29.1 Å². The van der Waals surface area contributed by atoms with Crippen molar-refractivity contribution in [1.29, 1.82) is 0 Å². The molecule has 5 amide bonds. The number of carbonyl (C=O) groups excluding carboxylic acids is 5. The van der Waals surface area contributed by atoms with E-state index in [1.807, 2.05) is 6.92 Å². The number of aliphatic hydroxyl groups excluding tert-OH is 1. The molecule has 49 heavy (non-hydrogen) atoms. The van der Waals surface area contributed by atoms with E-state index in [2.05, 4.69) is 30.9 Å². The minimum Gasteiger partial charge on any atom is -0.381 e. The molecule has 0 saturated heterocycles. The SMILES string of the molecule is CCC[C@@H]([C@H](O)C(=O)NC1CC1)N(C(=O)C1=NC=C2C=CC=C21)C(=O)[C@@H](NC(=O)[C@@H](NC(=O)c1cnccn1)C1CCCCC1)C(C)(C)C.